The van der Waals surface area contributed by atoms with Gasteiger partial charge < -0.3 is 20.9 Å². The molecule has 5 N–H and O–H groups in total. The Balaban J connectivity index is 1.57. The van der Waals surface area contributed by atoms with Crippen LogP contribution in [0, 0.1) is 0 Å². The van der Waals surface area contributed by atoms with Crippen LogP contribution in [0.5, 0.6) is 11.5 Å². The highest BCUT2D eigenvalue weighted by molar-refractivity contribution is 6.04. The average Bonchev–Trinajstić information content (AvgIpc) is 3.28. The van der Waals surface area contributed by atoms with Gasteiger partial charge in [0.05, 0.1) is 28.9 Å². The number of amides is 1. The van der Waals surface area contributed by atoms with Gasteiger partial charge in [-0.15, -0.1) is 0 Å². The third-order valence-corrected chi connectivity index (χ3v) is 5.52. The van der Waals surface area contributed by atoms with Gasteiger partial charge in [-0.1, -0.05) is 36.4 Å². The summed E-state index contributed by atoms with van der Waals surface area (Å²) in [4.78, 5) is 17.6. The number of aromatic amines is 1. The Morgan fingerprint density at radius 2 is 1.69 bits per heavy atom. The van der Waals surface area contributed by atoms with Crippen molar-refractivity contribution >= 4 is 22.6 Å². The number of nitrogens with zero attached hydrogens (tertiary/aromatic N) is 2. The Labute approximate surface area is 201 Å². The number of ether oxygens (including phenoxy) is 1. The summed E-state index contributed by atoms with van der Waals surface area (Å²) < 4.78 is 5.91. The first-order chi connectivity index (χ1) is 17.1. The average molecular weight is 466 g/mol. The Kier molecular flexibility index (Phi) is 6.11. The van der Waals surface area contributed by atoms with Crippen LogP contribution in [0.15, 0.2) is 84.9 Å². The largest absolute Gasteiger partial charge is 0.457 e. The van der Waals surface area contributed by atoms with Crippen LogP contribution in [-0.4, -0.2) is 39.3 Å². The fourth-order valence-electron chi connectivity index (χ4n) is 3.89. The first-order valence-electron chi connectivity index (χ1n) is 11.1. The van der Waals surface area contributed by atoms with Crippen LogP contribution in [0.1, 0.15) is 10.4 Å². The number of pyridine rings is 1. The number of nitrogen functional groups attached to an aromatic ring is 1. The summed E-state index contributed by atoms with van der Waals surface area (Å²) >= 11 is 0. The van der Waals surface area contributed by atoms with Crippen LogP contribution in [-0.2, 0) is 0 Å². The predicted octanol–water partition coefficient (Wildman–Crippen LogP) is 4.39. The monoisotopic (exact) mass is 465 g/mol. The molecule has 2 heterocycles. The Bertz CT molecular complexity index is 1480. The maximum absolute atomic E-state index is 12.7. The molecule has 2 aromatic heterocycles. The van der Waals surface area contributed by atoms with E-state index in [9.17, 15) is 4.79 Å². The molecular formula is C27H23N5O3. The molecule has 0 radical (unpaired) electrons. The summed E-state index contributed by atoms with van der Waals surface area (Å²) in [6.07, 6.45) is 0. The minimum atomic E-state index is -0.287. The number of carbonyl (C=O) groups excluding carboxylic acids is 1. The zero-order valence-corrected chi connectivity index (χ0v) is 18.7. The highest BCUT2D eigenvalue weighted by Crippen LogP contribution is 2.35. The van der Waals surface area contributed by atoms with Gasteiger partial charge in [0.2, 0.25) is 0 Å². The van der Waals surface area contributed by atoms with Crippen LogP contribution in [0.2, 0.25) is 0 Å². The van der Waals surface area contributed by atoms with Gasteiger partial charge in [-0.25, -0.2) is 4.98 Å². The Hall–Kier alpha value is -4.69. The number of aliphatic hydroxyl groups is 1. The number of H-pyrrole nitrogens is 1. The minimum absolute atomic E-state index is 0.139. The van der Waals surface area contributed by atoms with Crippen LogP contribution >= 0.6 is 0 Å². The molecule has 5 aromatic rings. The number of benzene rings is 3. The fourth-order valence-corrected chi connectivity index (χ4v) is 3.89. The molecule has 0 saturated heterocycles. The molecule has 0 bridgehead atoms. The number of carbonyl (C=O) groups is 1. The van der Waals surface area contributed by atoms with Crippen molar-refractivity contribution in [1.29, 1.82) is 0 Å². The highest BCUT2D eigenvalue weighted by Gasteiger charge is 2.18. The molecule has 0 atom stereocenters. The van der Waals surface area contributed by atoms with Crippen LogP contribution in [0.3, 0.4) is 0 Å². The lowest BCUT2D eigenvalue weighted by molar-refractivity contribution is 0.0945. The Morgan fingerprint density at radius 3 is 2.46 bits per heavy atom. The zero-order chi connectivity index (χ0) is 24.2. The van der Waals surface area contributed by atoms with Crippen molar-refractivity contribution in [3.05, 3.63) is 90.5 Å². The molecule has 8 heteroatoms. The molecule has 0 saturated carbocycles. The lowest BCUT2D eigenvalue weighted by Crippen LogP contribution is -2.26. The van der Waals surface area contributed by atoms with E-state index >= 15 is 0 Å². The number of para-hydroxylation sites is 1. The number of aromatic nitrogens is 3. The Morgan fingerprint density at radius 1 is 0.971 bits per heavy atom. The van der Waals surface area contributed by atoms with E-state index in [-0.39, 0.29) is 19.1 Å². The van der Waals surface area contributed by atoms with Crippen molar-refractivity contribution in [3.63, 3.8) is 0 Å². The molecule has 0 aliphatic heterocycles. The van der Waals surface area contributed by atoms with Crippen LogP contribution < -0.4 is 15.8 Å². The van der Waals surface area contributed by atoms with E-state index in [2.05, 4.69) is 15.5 Å². The minimum Gasteiger partial charge on any atom is -0.457 e. The summed E-state index contributed by atoms with van der Waals surface area (Å²) in [6, 6.07) is 26.1. The maximum Gasteiger partial charge on any atom is 0.252 e. The van der Waals surface area contributed by atoms with E-state index in [0.29, 0.717) is 45.0 Å². The maximum atomic E-state index is 12.7. The number of nitrogens with two attached hydrogens (primary N) is 1. The molecule has 0 spiro atoms. The van der Waals surface area contributed by atoms with Gasteiger partial charge in [0.15, 0.2) is 5.82 Å². The van der Waals surface area contributed by atoms with Gasteiger partial charge >= 0.3 is 0 Å². The van der Waals surface area contributed by atoms with Crippen molar-refractivity contribution in [2.24, 2.45) is 0 Å². The van der Waals surface area contributed by atoms with E-state index in [0.717, 1.165) is 11.3 Å². The molecule has 3 aromatic carbocycles. The van der Waals surface area contributed by atoms with Crippen molar-refractivity contribution in [2.75, 3.05) is 18.9 Å². The van der Waals surface area contributed by atoms with Crippen molar-refractivity contribution in [1.82, 2.24) is 20.5 Å². The first-order valence-corrected chi connectivity index (χ1v) is 11.1. The third-order valence-electron chi connectivity index (χ3n) is 5.52. The summed E-state index contributed by atoms with van der Waals surface area (Å²) in [5.41, 5.74) is 10.1. The summed E-state index contributed by atoms with van der Waals surface area (Å²) in [5.74, 6) is 1.49. The zero-order valence-electron chi connectivity index (χ0n) is 18.7. The standard InChI is InChI=1S/C27H23N5O3/c28-26-24-23(31-32-26)16-22(20-8-4-5-9-21(20)27(34)29-14-15-33)30-25(24)17-10-12-19(13-11-17)35-18-6-2-1-3-7-18/h1-13,16,33H,14-15H2,(H,29,34)(H3,28,31,32). The second-order valence-electron chi connectivity index (χ2n) is 7.85. The van der Waals surface area contributed by atoms with Gasteiger partial charge in [0.1, 0.15) is 11.5 Å². The van der Waals surface area contributed by atoms with E-state index < -0.39 is 0 Å². The third kappa shape index (κ3) is 4.55. The predicted molar refractivity (Wildman–Crippen MR) is 135 cm³/mol. The molecule has 0 aliphatic carbocycles. The lowest BCUT2D eigenvalue weighted by Gasteiger charge is -2.12. The number of hydrogen-bond donors (Lipinski definition) is 4. The van der Waals surface area contributed by atoms with E-state index in [1.165, 1.54) is 0 Å². The van der Waals surface area contributed by atoms with Crippen molar-refractivity contribution < 1.29 is 14.6 Å². The quantitative estimate of drug-likeness (QED) is 0.282. The molecular weight excluding hydrogens is 442 g/mol. The van der Waals surface area contributed by atoms with E-state index in [1.807, 2.05) is 72.8 Å². The van der Waals surface area contributed by atoms with Gasteiger partial charge in [0, 0.05) is 23.2 Å². The second-order valence-corrected chi connectivity index (χ2v) is 7.85. The molecule has 0 fully saturated rings. The number of rotatable bonds is 7. The van der Waals surface area contributed by atoms with Crippen LogP contribution in [0.4, 0.5) is 5.82 Å². The normalized spacial score (nSPS) is 10.9. The number of aliphatic hydroxyl groups excluding tert-OH is 1. The van der Waals surface area contributed by atoms with E-state index in [4.69, 9.17) is 20.6 Å². The van der Waals surface area contributed by atoms with Crippen molar-refractivity contribution in [2.45, 2.75) is 0 Å². The highest BCUT2D eigenvalue weighted by atomic mass is 16.5. The topological polar surface area (TPSA) is 126 Å². The van der Waals surface area contributed by atoms with Gasteiger partial charge in [-0.05, 0) is 48.5 Å². The van der Waals surface area contributed by atoms with Crippen molar-refractivity contribution in [3.8, 4) is 34.0 Å². The number of anilines is 1. The lowest BCUT2D eigenvalue weighted by atomic mass is 10.0. The molecule has 0 aliphatic rings. The van der Waals surface area contributed by atoms with Gasteiger partial charge in [-0.2, -0.15) is 5.10 Å². The molecule has 8 nitrogen and oxygen atoms in total. The summed E-state index contributed by atoms with van der Waals surface area (Å²) in [6.45, 7) is 0.0268. The fraction of sp³-hybridized carbons (Fsp3) is 0.0741. The number of hydrogen-bond acceptors (Lipinski definition) is 6. The van der Waals surface area contributed by atoms with Crippen LogP contribution in [0.25, 0.3) is 33.4 Å². The number of fused-ring (bicyclic) bond motifs is 1. The second kappa shape index (κ2) is 9.66. The summed E-state index contributed by atoms with van der Waals surface area (Å²) in [7, 11) is 0. The van der Waals surface area contributed by atoms with Gasteiger partial charge in [0.25, 0.3) is 5.91 Å². The molecule has 174 valence electrons. The van der Waals surface area contributed by atoms with Gasteiger partial charge in [-0.3, -0.25) is 9.89 Å². The smallest absolute Gasteiger partial charge is 0.252 e. The molecule has 5 rings (SSSR count). The molecule has 0 unspecified atom stereocenters. The number of nitrogens with one attached hydrogen (secondary N) is 2. The summed E-state index contributed by atoms with van der Waals surface area (Å²) in [5, 5.41) is 19.6. The SMILES string of the molecule is Nc1n[nH]c2cc(-c3ccccc3C(=O)NCCO)nc(-c3ccc(Oc4ccccc4)cc3)c12. The first kappa shape index (κ1) is 22.1. The van der Waals surface area contributed by atoms with E-state index in [1.54, 1.807) is 12.1 Å². The molecule has 1 amide bonds. The molecule has 35 heavy (non-hydrogen) atoms.